The zero-order valence-electron chi connectivity index (χ0n) is 10.5. The summed E-state index contributed by atoms with van der Waals surface area (Å²) in [5.74, 6) is -0.399. The van der Waals surface area contributed by atoms with E-state index in [1.807, 2.05) is 6.92 Å². The Labute approximate surface area is 96.8 Å². The fourth-order valence-corrected chi connectivity index (χ4v) is 1.25. The number of nitrogens with zero attached hydrogens (tertiary/aromatic N) is 1. The summed E-state index contributed by atoms with van der Waals surface area (Å²) in [7, 11) is 1.47. The first-order valence-electron chi connectivity index (χ1n) is 5.56. The minimum Gasteiger partial charge on any atom is -0.480 e. The monoisotopic (exact) mass is 230 g/mol. The molecule has 16 heavy (non-hydrogen) atoms. The number of carboxylic acids is 1. The third-order valence-electron chi connectivity index (χ3n) is 2.27. The van der Waals surface area contributed by atoms with E-state index in [1.54, 1.807) is 0 Å². The normalized spacial score (nSPS) is 12.3. The first kappa shape index (κ1) is 14.7. The Morgan fingerprint density at radius 2 is 1.81 bits per heavy atom. The molecule has 0 radical (unpaired) electrons. The van der Waals surface area contributed by atoms with Crippen LogP contribution in [0.15, 0.2) is 0 Å². The largest absolute Gasteiger partial charge is 0.480 e. The number of urea groups is 1. The summed E-state index contributed by atoms with van der Waals surface area (Å²) in [6.07, 6.45) is 1.95. The minimum atomic E-state index is -1.01. The van der Waals surface area contributed by atoms with E-state index >= 15 is 0 Å². The van der Waals surface area contributed by atoms with E-state index in [1.165, 1.54) is 7.05 Å². The predicted octanol–water partition coefficient (Wildman–Crippen LogP) is 1.54. The molecule has 2 N–H and O–H groups in total. The second-order valence-corrected chi connectivity index (χ2v) is 4.57. The molecule has 5 nitrogen and oxygen atoms in total. The van der Waals surface area contributed by atoms with Gasteiger partial charge in [-0.3, -0.25) is 4.79 Å². The van der Waals surface area contributed by atoms with Gasteiger partial charge < -0.3 is 15.3 Å². The zero-order chi connectivity index (χ0) is 12.7. The van der Waals surface area contributed by atoms with Gasteiger partial charge in [0, 0.05) is 13.1 Å². The van der Waals surface area contributed by atoms with Crippen molar-refractivity contribution < 1.29 is 14.7 Å². The molecule has 1 unspecified atom stereocenters. The lowest BCUT2D eigenvalue weighted by Crippen LogP contribution is -2.43. The number of carbonyl (C=O) groups excluding carboxylic acids is 1. The highest BCUT2D eigenvalue weighted by molar-refractivity contribution is 5.79. The minimum absolute atomic E-state index is 0.0751. The highest BCUT2D eigenvalue weighted by atomic mass is 16.4. The van der Waals surface area contributed by atoms with Gasteiger partial charge in [-0.15, -0.1) is 0 Å². The van der Waals surface area contributed by atoms with Crippen LogP contribution >= 0.6 is 0 Å². The van der Waals surface area contributed by atoms with Gasteiger partial charge in [-0.2, -0.15) is 0 Å². The zero-order valence-corrected chi connectivity index (χ0v) is 10.5. The van der Waals surface area contributed by atoms with Crippen molar-refractivity contribution in [3.63, 3.8) is 0 Å². The van der Waals surface area contributed by atoms with Crippen molar-refractivity contribution in [2.75, 3.05) is 13.6 Å². The molecule has 0 saturated carbocycles. The summed E-state index contributed by atoms with van der Waals surface area (Å²) >= 11 is 0. The van der Waals surface area contributed by atoms with Crippen molar-refractivity contribution in [2.45, 2.75) is 39.7 Å². The topological polar surface area (TPSA) is 69.6 Å². The van der Waals surface area contributed by atoms with Gasteiger partial charge in [-0.1, -0.05) is 13.8 Å². The molecule has 0 heterocycles. The summed E-state index contributed by atoms with van der Waals surface area (Å²) in [5, 5.41) is 11.3. The third kappa shape index (κ3) is 7.09. The summed E-state index contributed by atoms with van der Waals surface area (Å²) < 4.78 is 0. The van der Waals surface area contributed by atoms with Gasteiger partial charge in [-0.25, -0.2) is 4.79 Å². The quantitative estimate of drug-likeness (QED) is 0.727. The van der Waals surface area contributed by atoms with E-state index < -0.39 is 5.97 Å². The van der Waals surface area contributed by atoms with Crippen LogP contribution in [-0.4, -0.2) is 41.6 Å². The van der Waals surface area contributed by atoms with Crippen LogP contribution in [0.1, 0.15) is 33.6 Å². The maximum absolute atomic E-state index is 11.5. The van der Waals surface area contributed by atoms with Crippen LogP contribution in [0.4, 0.5) is 4.79 Å². The smallest absolute Gasteiger partial charge is 0.323 e. The summed E-state index contributed by atoms with van der Waals surface area (Å²) in [5.41, 5.74) is 0. The summed E-state index contributed by atoms with van der Waals surface area (Å²) in [6, 6.07) is -0.259. The van der Waals surface area contributed by atoms with Crippen LogP contribution in [0, 0.1) is 5.92 Å². The van der Waals surface area contributed by atoms with Crippen molar-refractivity contribution in [3.05, 3.63) is 0 Å². The molecule has 0 fully saturated rings. The van der Waals surface area contributed by atoms with Gasteiger partial charge in [-0.05, 0) is 25.7 Å². The van der Waals surface area contributed by atoms with E-state index in [4.69, 9.17) is 5.11 Å². The van der Waals surface area contributed by atoms with E-state index in [9.17, 15) is 9.59 Å². The molecule has 0 aliphatic rings. The number of carbonyl (C=O) groups is 2. The van der Waals surface area contributed by atoms with E-state index in [0.717, 1.165) is 17.7 Å². The number of nitrogens with one attached hydrogen (secondary N) is 1. The van der Waals surface area contributed by atoms with E-state index in [2.05, 4.69) is 19.2 Å². The third-order valence-corrected chi connectivity index (χ3v) is 2.27. The molecule has 0 aromatic rings. The predicted molar refractivity (Wildman–Crippen MR) is 62.3 cm³/mol. The van der Waals surface area contributed by atoms with Crippen molar-refractivity contribution in [2.24, 2.45) is 5.92 Å². The van der Waals surface area contributed by atoms with E-state index in [0.29, 0.717) is 5.92 Å². The number of hydrogen-bond donors (Lipinski definition) is 2. The Hall–Kier alpha value is -1.26. The molecule has 2 amide bonds. The summed E-state index contributed by atoms with van der Waals surface area (Å²) in [4.78, 5) is 23.0. The standard InChI is InChI=1S/C11H22N2O3/c1-8(2)5-6-9(3)12-11(16)13(4)7-10(14)15/h8-9H,5-7H2,1-4H3,(H,12,16)(H,14,15). The van der Waals surface area contributed by atoms with Gasteiger partial charge in [0.2, 0.25) is 0 Å². The Balaban J connectivity index is 3.89. The maximum atomic E-state index is 11.5. The fourth-order valence-electron chi connectivity index (χ4n) is 1.25. The molecule has 0 aliphatic heterocycles. The molecular formula is C11H22N2O3. The number of rotatable bonds is 6. The Morgan fingerprint density at radius 1 is 1.25 bits per heavy atom. The molecular weight excluding hydrogens is 208 g/mol. The van der Waals surface area contributed by atoms with Crippen LogP contribution in [0.3, 0.4) is 0 Å². The lowest BCUT2D eigenvalue weighted by molar-refractivity contribution is -0.137. The van der Waals surface area contributed by atoms with Crippen LogP contribution < -0.4 is 5.32 Å². The second kappa shape index (κ2) is 7.09. The van der Waals surface area contributed by atoms with Crippen LogP contribution in [-0.2, 0) is 4.79 Å². The lowest BCUT2D eigenvalue weighted by Gasteiger charge is -2.20. The molecule has 0 aromatic heterocycles. The molecule has 0 aromatic carbocycles. The van der Waals surface area contributed by atoms with Gasteiger partial charge in [0.15, 0.2) is 0 Å². The van der Waals surface area contributed by atoms with Gasteiger partial charge in [0.25, 0.3) is 0 Å². The Bertz CT molecular complexity index is 241. The van der Waals surface area contributed by atoms with E-state index in [-0.39, 0.29) is 18.6 Å². The van der Waals surface area contributed by atoms with Crippen LogP contribution in [0.2, 0.25) is 0 Å². The SMILES string of the molecule is CC(C)CCC(C)NC(=O)N(C)CC(=O)O. The van der Waals surface area contributed by atoms with Crippen molar-refractivity contribution in [3.8, 4) is 0 Å². The number of carboxylic acid groups (broad SMARTS) is 1. The Morgan fingerprint density at radius 3 is 2.25 bits per heavy atom. The molecule has 1 atom stereocenters. The molecule has 0 rings (SSSR count). The van der Waals surface area contributed by atoms with Gasteiger partial charge >= 0.3 is 12.0 Å². The molecule has 0 spiro atoms. The fraction of sp³-hybridized carbons (Fsp3) is 0.818. The number of hydrogen-bond acceptors (Lipinski definition) is 2. The summed E-state index contributed by atoms with van der Waals surface area (Å²) in [6.45, 7) is 5.91. The number of amides is 2. The molecule has 0 aliphatic carbocycles. The highest BCUT2D eigenvalue weighted by Gasteiger charge is 2.14. The van der Waals surface area contributed by atoms with Crippen LogP contribution in [0.5, 0.6) is 0 Å². The second-order valence-electron chi connectivity index (χ2n) is 4.57. The van der Waals surface area contributed by atoms with Crippen molar-refractivity contribution in [1.82, 2.24) is 10.2 Å². The average Bonchev–Trinajstić information content (AvgIpc) is 2.13. The number of likely N-dealkylation sites (N-methyl/N-ethyl adjacent to an activating group) is 1. The first-order valence-corrected chi connectivity index (χ1v) is 5.56. The molecule has 0 bridgehead atoms. The van der Waals surface area contributed by atoms with Crippen LogP contribution in [0.25, 0.3) is 0 Å². The first-order chi connectivity index (χ1) is 7.32. The molecule has 94 valence electrons. The highest BCUT2D eigenvalue weighted by Crippen LogP contribution is 2.06. The molecule has 5 heteroatoms. The number of aliphatic carboxylic acids is 1. The molecule has 0 saturated heterocycles. The van der Waals surface area contributed by atoms with Crippen molar-refractivity contribution >= 4 is 12.0 Å². The average molecular weight is 230 g/mol. The maximum Gasteiger partial charge on any atom is 0.323 e. The lowest BCUT2D eigenvalue weighted by atomic mass is 10.0. The Kier molecular flexibility index (Phi) is 6.53. The van der Waals surface area contributed by atoms with Crippen molar-refractivity contribution in [1.29, 1.82) is 0 Å². The van der Waals surface area contributed by atoms with Gasteiger partial charge in [0.05, 0.1) is 0 Å². The van der Waals surface area contributed by atoms with Gasteiger partial charge in [0.1, 0.15) is 6.54 Å².